The predicted octanol–water partition coefficient (Wildman–Crippen LogP) is 2.00. The van der Waals surface area contributed by atoms with Gasteiger partial charge in [0.15, 0.2) is 0 Å². The van der Waals surface area contributed by atoms with Crippen LogP contribution in [0.15, 0.2) is 30.9 Å². The lowest BCUT2D eigenvalue weighted by Crippen LogP contribution is -2.42. The van der Waals surface area contributed by atoms with Crippen LogP contribution in [0.25, 0.3) is 0 Å². The summed E-state index contributed by atoms with van der Waals surface area (Å²) in [6.07, 6.45) is 9.03. The third kappa shape index (κ3) is 3.06. The molecule has 1 aliphatic rings. The van der Waals surface area contributed by atoms with Crippen molar-refractivity contribution in [2.24, 2.45) is 13.0 Å². The van der Waals surface area contributed by atoms with Crippen LogP contribution in [0.5, 0.6) is 0 Å². The Hall–Kier alpha value is -2.37. The standard InChI is InChI=1S/C17H23N5O/c1-13-12-18-7-4-15(13)22-9-5-14(6-10-22)16(23)21(3)17-19-8-11-20(17)2/h4,7-8,11-12,14H,5-6,9-10H2,1-3H3. The molecule has 0 saturated carbocycles. The second-order valence-corrected chi connectivity index (χ2v) is 6.16. The first-order chi connectivity index (χ1) is 11.1. The van der Waals surface area contributed by atoms with Crippen LogP contribution in [0.2, 0.25) is 0 Å². The number of hydrogen-bond donors (Lipinski definition) is 0. The largest absolute Gasteiger partial charge is 0.371 e. The highest BCUT2D eigenvalue weighted by Crippen LogP contribution is 2.27. The lowest BCUT2D eigenvalue weighted by Gasteiger charge is -2.35. The number of pyridine rings is 1. The average Bonchev–Trinajstić information content (AvgIpc) is 3.00. The molecule has 23 heavy (non-hydrogen) atoms. The molecule has 3 heterocycles. The second kappa shape index (κ2) is 6.40. The summed E-state index contributed by atoms with van der Waals surface area (Å²) in [4.78, 5) is 25.1. The van der Waals surface area contributed by atoms with E-state index < -0.39 is 0 Å². The van der Waals surface area contributed by atoms with Gasteiger partial charge in [0.25, 0.3) is 0 Å². The molecule has 6 nitrogen and oxygen atoms in total. The molecule has 0 spiro atoms. The van der Waals surface area contributed by atoms with Gasteiger partial charge in [0.05, 0.1) is 0 Å². The van der Waals surface area contributed by atoms with Crippen molar-refractivity contribution in [2.75, 3.05) is 29.9 Å². The van der Waals surface area contributed by atoms with Crippen molar-refractivity contribution < 1.29 is 4.79 Å². The van der Waals surface area contributed by atoms with Gasteiger partial charge in [0.1, 0.15) is 0 Å². The van der Waals surface area contributed by atoms with E-state index >= 15 is 0 Å². The second-order valence-electron chi connectivity index (χ2n) is 6.16. The molecule has 3 rings (SSSR count). The van der Waals surface area contributed by atoms with E-state index in [-0.39, 0.29) is 11.8 Å². The lowest BCUT2D eigenvalue weighted by molar-refractivity contribution is -0.122. The highest BCUT2D eigenvalue weighted by atomic mass is 16.2. The Morgan fingerprint density at radius 1 is 1.30 bits per heavy atom. The summed E-state index contributed by atoms with van der Waals surface area (Å²) in [5.74, 6) is 0.919. The third-order valence-electron chi connectivity index (χ3n) is 4.60. The highest BCUT2D eigenvalue weighted by Gasteiger charge is 2.29. The Balaban J connectivity index is 1.64. The van der Waals surface area contributed by atoms with Gasteiger partial charge in [0, 0.05) is 63.6 Å². The summed E-state index contributed by atoms with van der Waals surface area (Å²) in [7, 11) is 3.71. The van der Waals surface area contributed by atoms with E-state index in [9.17, 15) is 4.79 Å². The number of hydrogen-bond acceptors (Lipinski definition) is 4. The van der Waals surface area contributed by atoms with Crippen LogP contribution in [0.1, 0.15) is 18.4 Å². The van der Waals surface area contributed by atoms with Gasteiger partial charge >= 0.3 is 0 Å². The molecule has 0 bridgehead atoms. The summed E-state index contributed by atoms with van der Waals surface area (Å²) in [5.41, 5.74) is 2.41. The normalized spacial score (nSPS) is 15.7. The maximum absolute atomic E-state index is 12.7. The number of carbonyl (C=O) groups is 1. The molecule has 0 N–H and O–H groups in total. The number of aromatic nitrogens is 3. The summed E-state index contributed by atoms with van der Waals surface area (Å²) in [6, 6.07) is 2.05. The third-order valence-corrected chi connectivity index (χ3v) is 4.60. The van der Waals surface area contributed by atoms with Crippen molar-refractivity contribution >= 4 is 17.5 Å². The lowest BCUT2D eigenvalue weighted by atomic mass is 9.95. The number of imidazole rings is 1. The van der Waals surface area contributed by atoms with Crippen molar-refractivity contribution in [3.63, 3.8) is 0 Å². The summed E-state index contributed by atoms with van der Waals surface area (Å²) in [6.45, 7) is 3.87. The van der Waals surface area contributed by atoms with E-state index in [2.05, 4.69) is 27.9 Å². The maximum Gasteiger partial charge on any atom is 0.232 e. The van der Waals surface area contributed by atoms with E-state index in [1.165, 1.54) is 11.3 Å². The Kier molecular flexibility index (Phi) is 4.32. The Labute approximate surface area is 136 Å². The Bertz CT molecular complexity index is 688. The van der Waals surface area contributed by atoms with Crippen LogP contribution in [0, 0.1) is 12.8 Å². The number of aryl methyl sites for hydroxylation is 2. The van der Waals surface area contributed by atoms with Gasteiger partial charge in [-0.05, 0) is 31.4 Å². The number of anilines is 2. The van der Waals surface area contributed by atoms with Gasteiger partial charge < -0.3 is 9.47 Å². The van der Waals surface area contributed by atoms with Gasteiger partial charge in [-0.2, -0.15) is 0 Å². The molecule has 122 valence electrons. The Morgan fingerprint density at radius 3 is 2.65 bits per heavy atom. The summed E-state index contributed by atoms with van der Waals surface area (Å²) < 4.78 is 1.87. The van der Waals surface area contributed by atoms with E-state index in [1.807, 2.05) is 37.3 Å². The number of nitrogens with zero attached hydrogens (tertiary/aromatic N) is 5. The molecule has 1 fully saturated rings. The van der Waals surface area contributed by atoms with Gasteiger partial charge in [-0.25, -0.2) is 4.98 Å². The van der Waals surface area contributed by atoms with Gasteiger partial charge in [0.2, 0.25) is 11.9 Å². The summed E-state index contributed by atoms with van der Waals surface area (Å²) >= 11 is 0. The predicted molar refractivity (Wildman–Crippen MR) is 90.5 cm³/mol. The van der Waals surface area contributed by atoms with Crippen molar-refractivity contribution in [1.29, 1.82) is 0 Å². The monoisotopic (exact) mass is 313 g/mol. The van der Waals surface area contributed by atoms with E-state index in [4.69, 9.17) is 0 Å². The van der Waals surface area contributed by atoms with Crippen molar-refractivity contribution in [3.8, 4) is 0 Å². The number of rotatable bonds is 3. The van der Waals surface area contributed by atoms with Crippen molar-refractivity contribution in [1.82, 2.24) is 14.5 Å². The fraction of sp³-hybridized carbons (Fsp3) is 0.471. The SMILES string of the molecule is Cc1cnccc1N1CCC(C(=O)N(C)c2nccn2C)CC1. The first-order valence-corrected chi connectivity index (χ1v) is 7.98. The summed E-state index contributed by atoms with van der Waals surface area (Å²) in [5, 5.41) is 0. The van der Waals surface area contributed by atoms with Crippen LogP contribution in [0.3, 0.4) is 0 Å². The zero-order valence-corrected chi connectivity index (χ0v) is 13.9. The quantitative estimate of drug-likeness (QED) is 0.870. The minimum Gasteiger partial charge on any atom is -0.371 e. The molecule has 0 aliphatic carbocycles. The molecule has 1 aliphatic heterocycles. The van der Waals surface area contributed by atoms with Crippen LogP contribution >= 0.6 is 0 Å². The average molecular weight is 313 g/mol. The zero-order valence-electron chi connectivity index (χ0n) is 13.9. The smallest absolute Gasteiger partial charge is 0.232 e. The molecule has 1 amide bonds. The Morgan fingerprint density at radius 2 is 2.04 bits per heavy atom. The molecule has 0 aromatic carbocycles. The fourth-order valence-electron chi connectivity index (χ4n) is 3.24. The molecule has 0 unspecified atom stereocenters. The van der Waals surface area contributed by atoms with Crippen LogP contribution in [-0.4, -0.2) is 40.6 Å². The van der Waals surface area contributed by atoms with E-state index in [0.717, 1.165) is 25.9 Å². The minimum absolute atomic E-state index is 0.0649. The minimum atomic E-state index is 0.0649. The zero-order chi connectivity index (χ0) is 16.4. The molecule has 0 atom stereocenters. The first-order valence-electron chi connectivity index (χ1n) is 7.98. The first kappa shape index (κ1) is 15.5. The van der Waals surface area contributed by atoms with Gasteiger partial charge in [-0.1, -0.05) is 0 Å². The number of piperidine rings is 1. The molecular weight excluding hydrogens is 290 g/mol. The highest BCUT2D eigenvalue weighted by molar-refractivity contribution is 5.93. The van der Waals surface area contributed by atoms with Crippen molar-refractivity contribution in [2.45, 2.75) is 19.8 Å². The van der Waals surface area contributed by atoms with Gasteiger partial charge in [-0.15, -0.1) is 0 Å². The number of carbonyl (C=O) groups excluding carboxylic acids is 1. The van der Waals surface area contributed by atoms with Gasteiger partial charge in [-0.3, -0.25) is 14.7 Å². The fourth-order valence-corrected chi connectivity index (χ4v) is 3.24. The molecule has 2 aromatic rings. The topological polar surface area (TPSA) is 54.3 Å². The number of amides is 1. The molecule has 2 aromatic heterocycles. The maximum atomic E-state index is 12.7. The van der Waals surface area contributed by atoms with Crippen LogP contribution in [-0.2, 0) is 11.8 Å². The molecule has 6 heteroatoms. The molecule has 1 saturated heterocycles. The van der Waals surface area contributed by atoms with Crippen LogP contribution in [0.4, 0.5) is 11.6 Å². The molecular formula is C17H23N5O. The van der Waals surface area contributed by atoms with E-state index in [1.54, 1.807) is 11.1 Å². The van der Waals surface area contributed by atoms with Crippen LogP contribution < -0.4 is 9.80 Å². The van der Waals surface area contributed by atoms with E-state index in [0.29, 0.717) is 5.95 Å². The van der Waals surface area contributed by atoms with Crippen molar-refractivity contribution in [3.05, 3.63) is 36.4 Å². The molecule has 0 radical (unpaired) electrons.